The van der Waals surface area contributed by atoms with E-state index in [1.807, 2.05) is 83.3 Å². The third-order valence-corrected chi connectivity index (χ3v) is 16.8. The van der Waals surface area contributed by atoms with Crippen molar-refractivity contribution in [1.29, 1.82) is 0 Å². The molecule has 0 aliphatic carbocycles. The molecule has 2 heterocycles. The molecule has 0 radical (unpaired) electrons. The first-order chi connectivity index (χ1) is 35.6. The highest BCUT2D eigenvalue weighted by molar-refractivity contribution is 7.26. The summed E-state index contributed by atoms with van der Waals surface area (Å²) in [5, 5.41) is 33.7. The van der Waals surface area contributed by atoms with E-state index in [1.165, 1.54) is 51.5 Å². The van der Waals surface area contributed by atoms with Crippen LogP contribution in [0.25, 0.3) is 117 Å². The molecular formula is C66H42O4S2. The van der Waals surface area contributed by atoms with Gasteiger partial charge in [0.15, 0.2) is 0 Å². The largest absolute Gasteiger partial charge is 0.456 e. The van der Waals surface area contributed by atoms with Crippen molar-refractivity contribution < 1.29 is 19.7 Å². The van der Waals surface area contributed by atoms with Gasteiger partial charge in [0.05, 0.1) is 13.2 Å². The normalized spacial score (nSPS) is 11.9. The fraction of sp³-hybridized carbons (Fsp3) is 0.0303. The second kappa shape index (κ2) is 17.2. The second-order valence-electron chi connectivity index (χ2n) is 18.4. The summed E-state index contributed by atoms with van der Waals surface area (Å²) in [5.74, 6) is 2.70. The molecule has 0 aliphatic rings. The summed E-state index contributed by atoms with van der Waals surface area (Å²) in [6, 6.07) is 76.7. The van der Waals surface area contributed by atoms with Gasteiger partial charge in [-0.25, -0.2) is 0 Å². The Kier molecular flexibility index (Phi) is 10.2. The minimum atomic E-state index is -0.0797. The van der Waals surface area contributed by atoms with Gasteiger partial charge in [-0.1, -0.05) is 170 Å². The Morgan fingerprint density at radius 1 is 0.306 bits per heavy atom. The summed E-state index contributed by atoms with van der Waals surface area (Å²) in [4.78, 5) is 0. The quantitative estimate of drug-likeness (QED) is 0.151. The van der Waals surface area contributed by atoms with Crippen molar-refractivity contribution in [2.24, 2.45) is 0 Å². The third-order valence-electron chi connectivity index (χ3n) is 14.4. The van der Waals surface area contributed by atoms with Gasteiger partial charge in [0.25, 0.3) is 0 Å². The topological polar surface area (TPSA) is 58.9 Å². The molecular weight excluding hydrogens is 921 g/mol. The van der Waals surface area contributed by atoms with Gasteiger partial charge in [0.2, 0.25) is 0 Å². The summed E-state index contributed by atoms with van der Waals surface area (Å²) in [6.07, 6.45) is 0. The summed E-state index contributed by atoms with van der Waals surface area (Å²) >= 11 is 3.68. The van der Waals surface area contributed by atoms with Crippen LogP contribution in [-0.2, 0) is 13.2 Å². The zero-order valence-corrected chi connectivity index (χ0v) is 40.4. The van der Waals surface area contributed by atoms with Crippen molar-refractivity contribution in [3.63, 3.8) is 0 Å². The molecule has 72 heavy (non-hydrogen) atoms. The van der Waals surface area contributed by atoms with E-state index in [-0.39, 0.29) is 13.2 Å². The van der Waals surface area contributed by atoms with E-state index in [0.717, 1.165) is 76.5 Å². The predicted octanol–water partition coefficient (Wildman–Crippen LogP) is 18.6. The summed E-state index contributed by atoms with van der Waals surface area (Å²) < 4.78 is 19.6. The van der Waals surface area contributed by atoms with Crippen LogP contribution in [0.4, 0.5) is 0 Å². The minimum absolute atomic E-state index is 0.0797. The van der Waals surface area contributed by atoms with Gasteiger partial charge in [0.1, 0.15) is 23.0 Å². The molecule has 0 saturated carbocycles. The third kappa shape index (κ3) is 6.87. The average Bonchev–Trinajstić information content (AvgIpc) is 4.02. The zero-order chi connectivity index (χ0) is 47.9. The molecule has 2 N–H and O–H groups in total. The lowest BCUT2D eigenvalue weighted by Gasteiger charge is -2.21. The monoisotopic (exact) mass is 962 g/mol. The molecule has 14 rings (SSSR count). The van der Waals surface area contributed by atoms with Crippen LogP contribution < -0.4 is 9.47 Å². The lowest BCUT2D eigenvalue weighted by Crippen LogP contribution is -1.97. The Hall–Kier alpha value is -8.36. The van der Waals surface area contributed by atoms with Crippen LogP contribution in [0.5, 0.6) is 23.0 Å². The highest BCUT2D eigenvalue weighted by atomic mass is 32.1. The van der Waals surface area contributed by atoms with E-state index >= 15 is 0 Å². The molecule has 0 spiro atoms. The van der Waals surface area contributed by atoms with Crippen molar-refractivity contribution in [3.8, 4) is 56.4 Å². The van der Waals surface area contributed by atoms with Crippen molar-refractivity contribution in [1.82, 2.24) is 0 Å². The van der Waals surface area contributed by atoms with Crippen LogP contribution in [-0.4, -0.2) is 10.2 Å². The van der Waals surface area contributed by atoms with Gasteiger partial charge in [-0.05, 0) is 114 Å². The molecule has 0 bridgehead atoms. The fourth-order valence-electron chi connectivity index (χ4n) is 10.9. The molecule has 0 fully saturated rings. The van der Waals surface area contributed by atoms with Crippen LogP contribution in [0, 0.1) is 0 Å². The molecule has 6 heteroatoms. The molecule has 0 atom stereocenters. The van der Waals surface area contributed by atoms with Gasteiger partial charge >= 0.3 is 0 Å². The molecule has 0 saturated heterocycles. The van der Waals surface area contributed by atoms with Gasteiger partial charge in [-0.15, -0.1) is 22.7 Å². The average molecular weight is 963 g/mol. The SMILES string of the molecule is OCc1ccc(Oc2ccc3cc(-c4cccc5c4sc4ccccc45)ccc3c2-c2c(Oc3ccc(CO)c4ccccc34)ccc3cc(-c4cccc5c4sc4ccccc45)ccc23)c2ccccc12. The van der Waals surface area contributed by atoms with Gasteiger partial charge < -0.3 is 19.7 Å². The van der Waals surface area contributed by atoms with E-state index in [9.17, 15) is 10.2 Å². The van der Waals surface area contributed by atoms with Crippen LogP contribution in [0.15, 0.2) is 218 Å². The summed E-state index contributed by atoms with van der Waals surface area (Å²) in [7, 11) is 0. The summed E-state index contributed by atoms with van der Waals surface area (Å²) in [5.41, 5.74) is 8.12. The standard InChI is InChI=1S/C66H42O4S2/c67-37-43-27-31-57(51-13-3-1-11-45(43)51)69-59-33-25-39-35-41(49-17-9-19-55-53-15-5-7-21-61(53)71-65(49)55)23-29-47(39)63(59)64-48-30-24-42(50-18-10-20-56-54-16-6-8-22-62(54)72-66(50)56)36-40(48)26-34-60(64)70-58-32-28-44(38-68)46-12-2-4-14-52(46)58/h1-36,67-68H,37-38H2. The molecule has 4 nitrogen and oxygen atoms in total. The van der Waals surface area contributed by atoms with Gasteiger partial charge in [-0.2, -0.15) is 0 Å². The second-order valence-corrected chi connectivity index (χ2v) is 20.5. The first-order valence-corrected chi connectivity index (χ1v) is 25.8. The molecule has 0 unspecified atom stereocenters. The Bertz CT molecular complexity index is 4220. The maximum Gasteiger partial charge on any atom is 0.136 e. The van der Waals surface area contributed by atoms with E-state index in [2.05, 4.69) is 158 Å². The number of hydrogen-bond donors (Lipinski definition) is 2. The van der Waals surface area contributed by atoms with E-state index in [1.54, 1.807) is 0 Å². The van der Waals surface area contributed by atoms with Crippen LogP contribution >= 0.6 is 22.7 Å². The first kappa shape index (κ1) is 42.5. The van der Waals surface area contributed by atoms with Crippen molar-refractivity contribution in [2.45, 2.75) is 13.2 Å². The Morgan fingerprint density at radius 3 is 1.14 bits per heavy atom. The van der Waals surface area contributed by atoms with Crippen molar-refractivity contribution in [2.75, 3.05) is 0 Å². The Labute approximate surface area is 422 Å². The van der Waals surface area contributed by atoms with Crippen molar-refractivity contribution >= 4 is 106 Å². The molecule has 342 valence electrons. The predicted molar refractivity (Wildman–Crippen MR) is 303 cm³/mol. The maximum absolute atomic E-state index is 10.4. The Morgan fingerprint density at radius 2 is 0.694 bits per heavy atom. The smallest absolute Gasteiger partial charge is 0.136 e. The molecule has 14 aromatic rings. The lowest BCUT2D eigenvalue weighted by atomic mass is 9.89. The number of fused-ring (bicyclic) bond motifs is 10. The van der Waals surface area contributed by atoms with E-state index < -0.39 is 0 Å². The molecule has 0 amide bonds. The van der Waals surface area contributed by atoms with Gasteiger partial charge in [0, 0.05) is 62.2 Å². The number of benzene rings is 12. The minimum Gasteiger partial charge on any atom is -0.456 e. The number of aliphatic hydroxyl groups excluding tert-OH is 2. The molecule has 2 aromatic heterocycles. The molecule has 12 aromatic carbocycles. The van der Waals surface area contributed by atoms with Crippen LogP contribution in [0.2, 0.25) is 0 Å². The highest BCUT2D eigenvalue weighted by Gasteiger charge is 2.24. The zero-order valence-electron chi connectivity index (χ0n) is 38.7. The van der Waals surface area contributed by atoms with Crippen LogP contribution in [0.1, 0.15) is 11.1 Å². The lowest BCUT2D eigenvalue weighted by molar-refractivity contribution is 0.283. The number of ether oxygens (including phenoxy) is 2. The number of hydrogen-bond acceptors (Lipinski definition) is 6. The first-order valence-electron chi connectivity index (χ1n) is 24.1. The Balaban J connectivity index is 1.03. The maximum atomic E-state index is 10.4. The van der Waals surface area contributed by atoms with Crippen molar-refractivity contribution in [3.05, 3.63) is 230 Å². The van der Waals surface area contributed by atoms with E-state index in [4.69, 9.17) is 9.47 Å². The summed E-state index contributed by atoms with van der Waals surface area (Å²) in [6.45, 7) is -0.159. The van der Waals surface area contributed by atoms with Gasteiger partial charge in [-0.3, -0.25) is 0 Å². The highest BCUT2D eigenvalue weighted by Crippen LogP contribution is 2.51. The van der Waals surface area contributed by atoms with E-state index in [0.29, 0.717) is 23.0 Å². The number of rotatable bonds is 9. The molecule has 0 aliphatic heterocycles. The number of thiophene rings is 2. The fourth-order valence-corrected chi connectivity index (χ4v) is 13.4. The van der Waals surface area contributed by atoms with Crippen LogP contribution in [0.3, 0.4) is 0 Å². The number of aliphatic hydroxyl groups is 2.